The Morgan fingerprint density at radius 1 is 1.47 bits per heavy atom. The zero-order chi connectivity index (χ0) is 13.1. The minimum absolute atomic E-state index is 0.0446. The van der Waals surface area contributed by atoms with Gasteiger partial charge in [0.05, 0.1) is 19.6 Å². The summed E-state index contributed by atoms with van der Waals surface area (Å²) in [5.74, 6) is -0.808. The fourth-order valence-electron chi connectivity index (χ4n) is 1.21. The number of rotatable bonds is 3. The standard InChI is InChI=1S/C10H9F3N2O2/c1-6-7(3-4-14)5-8(9(15-6)16-2)17-10(11,12)13/h5H,3H2,1-2H3. The van der Waals surface area contributed by atoms with Gasteiger partial charge in [0.15, 0.2) is 5.75 Å². The van der Waals surface area contributed by atoms with Gasteiger partial charge in [-0.3, -0.25) is 0 Å². The van der Waals surface area contributed by atoms with Crippen LogP contribution in [-0.2, 0) is 6.42 Å². The zero-order valence-electron chi connectivity index (χ0n) is 9.13. The van der Waals surface area contributed by atoms with Crippen molar-refractivity contribution >= 4 is 0 Å². The van der Waals surface area contributed by atoms with Crippen molar-refractivity contribution in [1.82, 2.24) is 4.98 Å². The Morgan fingerprint density at radius 3 is 2.59 bits per heavy atom. The van der Waals surface area contributed by atoms with Gasteiger partial charge in [-0.1, -0.05) is 0 Å². The Kier molecular flexibility index (Phi) is 3.78. The van der Waals surface area contributed by atoms with Gasteiger partial charge in [0.1, 0.15) is 0 Å². The molecule has 1 rings (SSSR count). The molecule has 0 unspecified atom stereocenters. The third kappa shape index (κ3) is 3.52. The normalized spacial score (nSPS) is 10.8. The molecule has 0 saturated carbocycles. The number of aryl methyl sites for hydroxylation is 1. The van der Waals surface area contributed by atoms with Gasteiger partial charge in [-0.2, -0.15) is 5.26 Å². The molecular weight excluding hydrogens is 237 g/mol. The summed E-state index contributed by atoms with van der Waals surface area (Å²) in [6.45, 7) is 1.58. The van der Waals surface area contributed by atoms with Crippen LogP contribution in [0, 0.1) is 18.3 Å². The van der Waals surface area contributed by atoms with Crippen LogP contribution < -0.4 is 9.47 Å². The van der Waals surface area contributed by atoms with E-state index in [-0.39, 0.29) is 12.3 Å². The second-order valence-electron chi connectivity index (χ2n) is 3.12. The highest BCUT2D eigenvalue weighted by atomic mass is 19.4. The maximum Gasteiger partial charge on any atom is 0.573 e. The molecule has 0 aliphatic rings. The molecule has 0 spiro atoms. The molecule has 17 heavy (non-hydrogen) atoms. The minimum atomic E-state index is -4.83. The molecule has 1 aromatic heterocycles. The number of aromatic nitrogens is 1. The average molecular weight is 246 g/mol. The van der Waals surface area contributed by atoms with Crippen molar-refractivity contribution < 1.29 is 22.6 Å². The number of methoxy groups -OCH3 is 1. The van der Waals surface area contributed by atoms with E-state index in [1.807, 2.05) is 6.07 Å². The molecule has 0 N–H and O–H groups in total. The molecule has 0 aliphatic carbocycles. The molecule has 0 aromatic carbocycles. The monoisotopic (exact) mass is 246 g/mol. The van der Waals surface area contributed by atoms with Crippen LogP contribution in [0.25, 0.3) is 0 Å². The Labute approximate surface area is 95.6 Å². The van der Waals surface area contributed by atoms with E-state index in [1.54, 1.807) is 6.92 Å². The van der Waals surface area contributed by atoms with Gasteiger partial charge in [-0.25, -0.2) is 4.98 Å². The van der Waals surface area contributed by atoms with E-state index >= 15 is 0 Å². The van der Waals surface area contributed by atoms with Gasteiger partial charge in [-0.15, -0.1) is 13.2 Å². The van der Waals surface area contributed by atoms with E-state index in [9.17, 15) is 13.2 Å². The van der Waals surface area contributed by atoms with Crippen LogP contribution in [0.1, 0.15) is 11.3 Å². The van der Waals surface area contributed by atoms with Crippen LogP contribution in [0.3, 0.4) is 0 Å². The number of ether oxygens (including phenoxy) is 2. The molecular formula is C10H9F3N2O2. The fourth-order valence-corrected chi connectivity index (χ4v) is 1.21. The van der Waals surface area contributed by atoms with E-state index in [4.69, 9.17) is 5.26 Å². The molecule has 0 radical (unpaired) electrons. The maximum atomic E-state index is 12.1. The number of hydrogen-bond acceptors (Lipinski definition) is 4. The molecule has 0 saturated heterocycles. The molecule has 0 atom stereocenters. The van der Waals surface area contributed by atoms with E-state index in [0.717, 1.165) is 6.07 Å². The van der Waals surface area contributed by atoms with Gasteiger partial charge in [0, 0.05) is 5.69 Å². The summed E-state index contributed by atoms with van der Waals surface area (Å²) < 4.78 is 44.8. The van der Waals surface area contributed by atoms with Crippen LogP contribution in [0.4, 0.5) is 13.2 Å². The maximum absolute atomic E-state index is 12.1. The highest BCUT2D eigenvalue weighted by molar-refractivity contribution is 5.40. The predicted octanol–water partition coefficient (Wildman–Crippen LogP) is 2.36. The summed E-state index contributed by atoms with van der Waals surface area (Å²) in [5, 5.41) is 8.52. The number of hydrogen-bond donors (Lipinski definition) is 0. The van der Waals surface area contributed by atoms with Crippen LogP contribution in [-0.4, -0.2) is 18.5 Å². The van der Waals surface area contributed by atoms with E-state index in [1.165, 1.54) is 7.11 Å². The molecule has 1 aromatic rings. The lowest BCUT2D eigenvalue weighted by atomic mass is 10.1. The quantitative estimate of drug-likeness (QED) is 0.821. The molecule has 7 heteroatoms. The molecule has 0 amide bonds. The summed E-state index contributed by atoms with van der Waals surface area (Å²) in [5.41, 5.74) is 0.797. The molecule has 0 bridgehead atoms. The van der Waals surface area contributed by atoms with Crippen LogP contribution >= 0.6 is 0 Å². The highest BCUT2D eigenvalue weighted by Crippen LogP contribution is 2.32. The van der Waals surface area contributed by atoms with Crippen molar-refractivity contribution in [3.8, 4) is 17.7 Å². The molecule has 1 heterocycles. The highest BCUT2D eigenvalue weighted by Gasteiger charge is 2.33. The molecule has 0 aliphatic heterocycles. The van der Waals surface area contributed by atoms with Crippen LogP contribution in [0.15, 0.2) is 6.07 Å². The Morgan fingerprint density at radius 2 is 2.12 bits per heavy atom. The largest absolute Gasteiger partial charge is 0.573 e. The number of halogens is 3. The second-order valence-corrected chi connectivity index (χ2v) is 3.12. The second kappa shape index (κ2) is 4.91. The summed E-state index contributed by atoms with van der Waals surface area (Å²) in [6.07, 6.45) is -4.87. The van der Waals surface area contributed by atoms with Gasteiger partial charge < -0.3 is 9.47 Å². The van der Waals surface area contributed by atoms with Gasteiger partial charge in [0.2, 0.25) is 0 Å². The number of pyridine rings is 1. The van der Waals surface area contributed by atoms with Crippen molar-refractivity contribution in [2.45, 2.75) is 19.7 Å². The third-order valence-corrected chi connectivity index (χ3v) is 1.94. The number of alkyl halides is 3. The summed E-state index contributed by atoms with van der Waals surface area (Å²) in [6, 6.07) is 2.94. The summed E-state index contributed by atoms with van der Waals surface area (Å²) in [4.78, 5) is 3.80. The van der Waals surface area contributed by atoms with Crippen molar-refractivity contribution in [1.29, 1.82) is 5.26 Å². The summed E-state index contributed by atoms with van der Waals surface area (Å²) >= 11 is 0. The fraction of sp³-hybridized carbons (Fsp3) is 0.400. The van der Waals surface area contributed by atoms with Crippen molar-refractivity contribution in [3.63, 3.8) is 0 Å². The number of nitriles is 1. The van der Waals surface area contributed by atoms with Crippen LogP contribution in [0.2, 0.25) is 0 Å². The van der Waals surface area contributed by atoms with E-state index in [2.05, 4.69) is 14.5 Å². The lowest BCUT2D eigenvalue weighted by molar-refractivity contribution is -0.275. The number of nitrogens with zero attached hydrogens (tertiary/aromatic N) is 2. The zero-order valence-corrected chi connectivity index (χ0v) is 9.13. The third-order valence-electron chi connectivity index (χ3n) is 1.94. The Hall–Kier alpha value is -1.97. The average Bonchev–Trinajstić information content (AvgIpc) is 2.20. The summed E-state index contributed by atoms with van der Waals surface area (Å²) in [7, 11) is 1.19. The first-order valence-electron chi connectivity index (χ1n) is 4.54. The Bertz CT molecular complexity index is 452. The first kappa shape index (κ1) is 13.1. The lowest BCUT2D eigenvalue weighted by Crippen LogP contribution is -2.18. The van der Waals surface area contributed by atoms with Crippen molar-refractivity contribution in [2.75, 3.05) is 7.11 Å². The first-order chi connectivity index (χ1) is 7.87. The SMILES string of the molecule is COc1nc(C)c(CC#N)cc1OC(F)(F)F. The lowest BCUT2D eigenvalue weighted by Gasteiger charge is -2.13. The Balaban J connectivity index is 3.18. The van der Waals surface area contributed by atoms with E-state index < -0.39 is 12.1 Å². The molecule has 0 fully saturated rings. The minimum Gasteiger partial charge on any atom is -0.478 e. The topological polar surface area (TPSA) is 55.1 Å². The van der Waals surface area contributed by atoms with Crippen molar-refractivity contribution in [2.24, 2.45) is 0 Å². The smallest absolute Gasteiger partial charge is 0.478 e. The predicted molar refractivity (Wildman–Crippen MR) is 51.5 cm³/mol. The first-order valence-corrected chi connectivity index (χ1v) is 4.54. The van der Waals surface area contributed by atoms with Gasteiger partial charge in [0.25, 0.3) is 5.88 Å². The van der Waals surface area contributed by atoms with E-state index in [0.29, 0.717) is 11.3 Å². The molecule has 92 valence electrons. The van der Waals surface area contributed by atoms with Crippen molar-refractivity contribution in [3.05, 3.63) is 17.3 Å². The molecule has 4 nitrogen and oxygen atoms in total. The van der Waals surface area contributed by atoms with Gasteiger partial charge in [-0.05, 0) is 18.6 Å². The van der Waals surface area contributed by atoms with Crippen LogP contribution in [0.5, 0.6) is 11.6 Å². The van der Waals surface area contributed by atoms with Gasteiger partial charge >= 0.3 is 6.36 Å².